The van der Waals surface area contributed by atoms with E-state index >= 15 is 0 Å². The second-order valence-electron chi connectivity index (χ2n) is 6.61. The molecule has 1 aliphatic rings. The number of carbonyl (C=O) groups excluding carboxylic acids is 2. The Morgan fingerprint density at radius 1 is 1.26 bits per heavy atom. The lowest BCUT2D eigenvalue weighted by molar-refractivity contribution is -0.136. The standard InChI is InChI=1S/C19H22O4/c1-19(2)11-16(20)15(17(21)12-19)10-14(18(22)23-3)9-13-7-5-4-6-8-13/h4-9,20H,10-12H2,1-3H3/b14-9+. The largest absolute Gasteiger partial charge is 0.512 e. The fourth-order valence-electron chi connectivity index (χ4n) is 2.78. The summed E-state index contributed by atoms with van der Waals surface area (Å²) >= 11 is 0. The summed E-state index contributed by atoms with van der Waals surface area (Å²) in [7, 11) is 1.31. The first-order valence-corrected chi connectivity index (χ1v) is 7.60. The number of carbonyl (C=O) groups is 2. The van der Waals surface area contributed by atoms with Crippen molar-refractivity contribution in [3.05, 3.63) is 52.8 Å². The van der Waals surface area contributed by atoms with E-state index in [1.807, 2.05) is 44.2 Å². The lowest BCUT2D eigenvalue weighted by Crippen LogP contribution is -2.26. The van der Waals surface area contributed by atoms with Crippen LogP contribution in [0.15, 0.2) is 47.2 Å². The van der Waals surface area contributed by atoms with E-state index in [2.05, 4.69) is 0 Å². The van der Waals surface area contributed by atoms with Crippen molar-refractivity contribution in [1.82, 2.24) is 0 Å². The number of hydrogen-bond acceptors (Lipinski definition) is 4. The molecule has 0 radical (unpaired) electrons. The van der Waals surface area contributed by atoms with Gasteiger partial charge in [0.05, 0.1) is 12.9 Å². The number of Topliss-reactive ketones (excluding diaryl/α,β-unsaturated/α-hetero) is 1. The zero-order valence-corrected chi connectivity index (χ0v) is 13.8. The zero-order chi connectivity index (χ0) is 17.0. The predicted molar refractivity (Wildman–Crippen MR) is 88.7 cm³/mol. The molecule has 122 valence electrons. The number of ether oxygens (including phenoxy) is 1. The highest BCUT2D eigenvalue weighted by Gasteiger charge is 2.33. The smallest absolute Gasteiger partial charge is 0.334 e. The van der Waals surface area contributed by atoms with E-state index in [9.17, 15) is 14.7 Å². The molecule has 0 saturated carbocycles. The first-order chi connectivity index (χ1) is 10.8. The molecule has 2 rings (SSSR count). The van der Waals surface area contributed by atoms with Crippen molar-refractivity contribution in [3.8, 4) is 0 Å². The summed E-state index contributed by atoms with van der Waals surface area (Å²) in [4.78, 5) is 24.3. The summed E-state index contributed by atoms with van der Waals surface area (Å²) in [6.07, 6.45) is 2.58. The van der Waals surface area contributed by atoms with Gasteiger partial charge in [-0.1, -0.05) is 44.2 Å². The molecule has 0 amide bonds. The Morgan fingerprint density at radius 2 is 1.91 bits per heavy atom. The molecule has 4 heteroatoms. The second kappa shape index (κ2) is 6.82. The summed E-state index contributed by atoms with van der Waals surface area (Å²) in [5, 5.41) is 10.2. The van der Waals surface area contributed by atoms with Crippen LogP contribution in [0.3, 0.4) is 0 Å². The minimum atomic E-state index is -0.494. The first kappa shape index (κ1) is 17.0. The summed E-state index contributed by atoms with van der Waals surface area (Å²) in [5.41, 5.74) is 1.26. The van der Waals surface area contributed by atoms with Gasteiger partial charge in [-0.25, -0.2) is 4.79 Å². The maximum Gasteiger partial charge on any atom is 0.334 e. The summed E-state index contributed by atoms with van der Waals surface area (Å²) < 4.78 is 4.81. The van der Waals surface area contributed by atoms with Crippen LogP contribution in [0.2, 0.25) is 0 Å². The highest BCUT2D eigenvalue weighted by atomic mass is 16.5. The van der Waals surface area contributed by atoms with Crippen LogP contribution in [-0.2, 0) is 14.3 Å². The van der Waals surface area contributed by atoms with Gasteiger partial charge in [0, 0.05) is 30.4 Å². The minimum absolute atomic E-state index is 0.0779. The third kappa shape index (κ3) is 4.31. The quantitative estimate of drug-likeness (QED) is 0.677. The molecule has 0 aromatic heterocycles. The van der Waals surface area contributed by atoms with Gasteiger partial charge in [0.25, 0.3) is 0 Å². The van der Waals surface area contributed by atoms with E-state index in [-0.39, 0.29) is 23.4 Å². The van der Waals surface area contributed by atoms with Crippen LogP contribution in [0.25, 0.3) is 6.08 Å². The molecule has 4 nitrogen and oxygen atoms in total. The number of ketones is 1. The van der Waals surface area contributed by atoms with Crippen LogP contribution >= 0.6 is 0 Å². The van der Waals surface area contributed by atoms with Gasteiger partial charge in [-0.3, -0.25) is 4.79 Å². The number of benzene rings is 1. The van der Waals surface area contributed by atoms with Gasteiger partial charge in [-0.15, -0.1) is 0 Å². The number of aliphatic hydroxyl groups excluding tert-OH is 1. The van der Waals surface area contributed by atoms with Crippen LogP contribution in [-0.4, -0.2) is 24.0 Å². The van der Waals surface area contributed by atoms with E-state index in [0.717, 1.165) is 5.56 Å². The maximum atomic E-state index is 12.3. The Balaban J connectivity index is 2.34. The number of methoxy groups -OCH3 is 1. The molecule has 0 atom stereocenters. The molecule has 23 heavy (non-hydrogen) atoms. The van der Waals surface area contributed by atoms with E-state index < -0.39 is 5.97 Å². The van der Waals surface area contributed by atoms with Crippen molar-refractivity contribution >= 4 is 17.8 Å². The van der Waals surface area contributed by atoms with Crippen LogP contribution in [0, 0.1) is 5.41 Å². The molecule has 1 N–H and O–H groups in total. The summed E-state index contributed by atoms with van der Waals surface area (Å²) in [6.45, 7) is 3.89. The third-order valence-electron chi connectivity index (χ3n) is 3.93. The zero-order valence-electron chi connectivity index (χ0n) is 13.8. The Kier molecular flexibility index (Phi) is 5.04. The second-order valence-corrected chi connectivity index (χ2v) is 6.61. The van der Waals surface area contributed by atoms with Gasteiger partial charge >= 0.3 is 5.97 Å². The Labute approximate surface area is 136 Å². The molecular formula is C19H22O4. The molecule has 1 aromatic carbocycles. The minimum Gasteiger partial charge on any atom is -0.512 e. The monoisotopic (exact) mass is 314 g/mol. The van der Waals surface area contributed by atoms with Gasteiger partial charge in [0.2, 0.25) is 0 Å². The van der Waals surface area contributed by atoms with Crippen molar-refractivity contribution in [2.75, 3.05) is 7.11 Å². The summed E-state index contributed by atoms with van der Waals surface area (Å²) in [6, 6.07) is 9.35. The van der Waals surface area contributed by atoms with Crippen LogP contribution in [0.5, 0.6) is 0 Å². The van der Waals surface area contributed by atoms with Gasteiger partial charge in [0.15, 0.2) is 5.78 Å². The van der Waals surface area contributed by atoms with Gasteiger partial charge in [-0.05, 0) is 17.1 Å². The van der Waals surface area contributed by atoms with Crippen LogP contribution in [0.4, 0.5) is 0 Å². The van der Waals surface area contributed by atoms with Gasteiger partial charge in [0.1, 0.15) is 0 Å². The Morgan fingerprint density at radius 3 is 2.48 bits per heavy atom. The van der Waals surface area contributed by atoms with E-state index in [1.54, 1.807) is 6.08 Å². The highest BCUT2D eigenvalue weighted by Crippen LogP contribution is 2.37. The molecule has 1 aromatic rings. The third-order valence-corrected chi connectivity index (χ3v) is 3.93. The predicted octanol–water partition coefficient (Wildman–Crippen LogP) is 3.83. The number of esters is 1. The molecule has 0 unspecified atom stereocenters. The Bertz CT molecular complexity index is 666. The molecule has 0 fully saturated rings. The number of hydrogen-bond donors (Lipinski definition) is 1. The van der Waals surface area contributed by atoms with E-state index in [0.29, 0.717) is 24.0 Å². The molecule has 0 heterocycles. The number of aliphatic hydroxyl groups is 1. The molecule has 1 aliphatic carbocycles. The van der Waals surface area contributed by atoms with Crippen molar-refractivity contribution in [2.24, 2.45) is 5.41 Å². The summed E-state index contributed by atoms with van der Waals surface area (Å²) in [5.74, 6) is -0.525. The number of rotatable bonds is 4. The van der Waals surface area contributed by atoms with E-state index in [4.69, 9.17) is 4.74 Å². The molecule has 0 aliphatic heterocycles. The Hall–Kier alpha value is -2.36. The SMILES string of the molecule is COC(=O)/C(=C/c1ccccc1)CC1=C(O)CC(C)(C)CC1=O. The fraction of sp³-hybridized carbons (Fsp3) is 0.368. The topological polar surface area (TPSA) is 63.6 Å². The van der Waals surface area contributed by atoms with Crippen molar-refractivity contribution in [3.63, 3.8) is 0 Å². The fourth-order valence-corrected chi connectivity index (χ4v) is 2.78. The van der Waals surface area contributed by atoms with Crippen molar-refractivity contribution in [1.29, 1.82) is 0 Å². The highest BCUT2D eigenvalue weighted by molar-refractivity contribution is 6.01. The number of allylic oxidation sites excluding steroid dienone is 2. The van der Waals surface area contributed by atoms with Crippen LogP contribution in [0.1, 0.15) is 38.7 Å². The van der Waals surface area contributed by atoms with Crippen molar-refractivity contribution in [2.45, 2.75) is 33.1 Å². The molecule has 0 saturated heterocycles. The van der Waals surface area contributed by atoms with Crippen molar-refractivity contribution < 1.29 is 19.4 Å². The molecule has 0 spiro atoms. The lowest BCUT2D eigenvalue weighted by Gasteiger charge is -2.29. The first-order valence-electron chi connectivity index (χ1n) is 7.60. The average molecular weight is 314 g/mol. The van der Waals surface area contributed by atoms with E-state index in [1.165, 1.54) is 7.11 Å². The average Bonchev–Trinajstić information content (AvgIpc) is 2.49. The molecule has 0 bridgehead atoms. The normalized spacial score (nSPS) is 18.0. The van der Waals surface area contributed by atoms with Gasteiger partial charge in [-0.2, -0.15) is 0 Å². The van der Waals surface area contributed by atoms with Crippen LogP contribution < -0.4 is 0 Å². The maximum absolute atomic E-state index is 12.3. The van der Waals surface area contributed by atoms with Gasteiger partial charge < -0.3 is 9.84 Å². The lowest BCUT2D eigenvalue weighted by atomic mass is 9.75. The molecular weight excluding hydrogens is 292 g/mol.